The molecule has 92 valence electrons. The first-order valence-corrected chi connectivity index (χ1v) is 6.27. The molecule has 2 saturated carbocycles. The zero-order chi connectivity index (χ0) is 11.5. The summed E-state index contributed by atoms with van der Waals surface area (Å²) in [7, 11) is 1.73. The summed E-state index contributed by atoms with van der Waals surface area (Å²) in [5.74, 6) is 0.347. The maximum Gasteiger partial charge on any atom is 0.223 e. The molecular weight excluding hydrogens is 204 g/mol. The Bertz CT molecular complexity index is 251. The summed E-state index contributed by atoms with van der Waals surface area (Å²) in [6.07, 6.45) is 6.27. The van der Waals surface area contributed by atoms with Crippen molar-refractivity contribution < 1.29 is 9.53 Å². The minimum absolute atomic E-state index is 0.144. The second-order valence-corrected chi connectivity index (χ2v) is 5.16. The average Bonchev–Trinajstić information content (AvgIpc) is 2.22. The van der Waals surface area contributed by atoms with Gasteiger partial charge in [-0.05, 0) is 32.1 Å². The van der Waals surface area contributed by atoms with Crippen molar-refractivity contribution >= 4 is 5.91 Å². The molecule has 0 heterocycles. The number of methoxy groups -OCH3 is 1. The largest absolute Gasteiger partial charge is 0.381 e. The van der Waals surface area contributed by atoms with Gasteiger partial charge in [0.1, 0.15) is 0 Å². The van der Waals surface area contributed by atoms with Crippen LogP contribution in [-0.4, -0.2) is 31.2 Å². The van der Waals surface area contributed by atoms with Crippen LogP contribution in [0.15, 0.2) is 0 Å². The molecule has 0 bridgehead atoms. The van der Waals surface area contributed by atoms with E-state index in [1.165, 1.54) is 0 Å². The highest BCUT2D eigenvalue weighted by Crippen LogP contribution is 2.26. The smallest absolute Gasteiger partial charge is 0.223 e. The molecule has 3 N–H and O–H groups in total. The number of amides is 1. The molecule has 0 aromatic carbocycles. The third-order valence-electron chi connectivity index (χ3n) is 3.86. The Hall–Kier alpha value is -0.610. The summed E-state index contributed by atoms with van der Waals surface area (Å²) in [5, 5.41) is 3.10. The summed E-state index contributed by atoms with van der Waals surface area (Å²) in [5.41, 5.74) is 5.88. The van der Waals surface area contributed by atoms with Crippen LogP contribution >= 0.6 is 0 Å². The molecule has 4 nitrogen and oxygen atoms in total. The van der Waals surface area contributed by atoms with Gasteiger partial charge in [0.25, 0.3) is 0 Å². The highest BCUT2D eigenvalue weighted by molar-refractivity contribution is 5.79. The van der Waals surface area contributed by atoms with Crippen LogP contribution in [0.4, 0.5) is 0 Å². The van der Waals surface area contributed by atoms with Gasteiger partial charge in [0.05, 0.1) is 6.10 Å². The first-order valence-electron chi connectivity index (χ1n) is 6.27. The van der Waals surface area contributed by atoms with E-state index in [-0.39, 0.29) is 17.9 Å². The molecule has 0 aromatic heterocycles. The Morgan fingerprint density at radius 1 is 1.31 bits per heavy atom. The topological polar surface area (TPSA) is 64.3 Å². The highest BCUT2D eigenvalue weighted by atomic mass is 16.5. The molecule has 2 rings (SSSR count). The van der Waals surface area contributed by atoms with Gasteiger partial charge in [-0.3, -0.25) is 4.79 Å². The summed E-state index contributed by atoms with van der Waals surface area (Å²) in [4.78, 5) is 11.9. The SMILES string of the molecule is COC1CC(NC(=O)C2CCCC(N)C2)C1. The highest BCUT2D eigenvalue weighted by Gasteiger charge is 2.33. The van der Waals surface area contributed by atoms with E-state index < -0.39 is 0 Å². The Kier molecular flexibility index (Phi) is 3.82. The fourth-order valence-electron chi connectivity index (χ4n) is 2.66. The van der Waals surface area contributed by atoms with Crippen LogP contribution in [0.5, 0.6) is 0 Å². The molecule has 0 radical (unpaired) electrons. The first kappa shape index (κ1) is 11.9. The van der Waals surface area contributed by atoms with Crippen molar-refractivity contribution in [3.05, 3.63) is 0 Å². The van der Waals surface area contributed by atoms with Crippen LogP contribution < -0.4 is 11.1 Å². The van der Waals surface area contributed by atoms with E-state index in [0.29, 0.717) is 12.1 Å². The van der Waals surface area contributed by atoms with Gasteiger partial charge in [-0.15, -0.1) is 0 Å². The average molecular weight is 226 g/mol. The maximum absolute atomic E-state index is 11.9. The Morgan fingerprint density at radius 3 is 2.69 bits per heavy atom. The molecule has 4 heteroatoms. The summed E-state index contributed by atoms with van der Waals surface area (Å²) in [6.45, 7) is 0. The third kappa shape index (κ3) is 2.74. The minimum Gasteiger partial charge on any atom is -0.381 e. The fourth-order valence-corrected chi connectivity index (χ4v) is 2.66. The van der Waals surface area contributed by atoms with E-state index in [4.69, 9.17) is 10.5 Å². The van der Waals surface area contributed by atoms with Crippen molar-refractivity contribution in [1.82, 2.24) is 5.32 Å². The van der Waals surface area contributed by atoms with Gasteiger partial charge in [0.2, 0.25) is 5.91 Å². The lowest BCUT2D eigenvalue weighted by molar-refractivity contribution is -0.128. The molecule has 2 fully saturated rings. The van der Waals surface area contributed by atoms with Gasteiger partial charge in [-0.25, -0.2) is 0 Å². The standard InChI is InChI=1S/C12H22N2O2/c1-16-11-6-10(7-11)14-12(15)8-3-2-4-9(13)5-8/h8-11H,2-7,13H2,1H3,(H,14,15). The number of hydrogen-bond donors (Lipinski definition) is 2. The molecule has 2 aliphatic rings. The van der Waals surface area contributed by atoms with Crippen LogP contribution in [0.1, 0.15) is 38.5 Å². The van der Waals surface area contributed by atoms with Crippen LogP contribution in [0, 0.1) is 5.92 Å². The van der Waals surface area contributed by atoms with E-state index in [1.807, 2.05) is 0 Å². The lowest BCUT2D eigenvalue weighted by Crippen LogP contribution is -2.50. The normalized spacial score (nSPS) is 38.9. The quantitative estimate of drug-likeness (QED) is 0.748. The number of carbonyl (C=O) groups excluding carboxylic acids is 1. The Labute approximate surface area is 96.9 Å². The van der Waals surface area contributed by atoms with Crippen LogP contribution in [0.3, 0.4) is 0 Å². The third-order valence-corrected chi connectivity index (χ3v) is 3.86. The van der Waals surface area contributed by atoms with Crippen molar-refractivity contribution in [2.75, 3.05) is 7.11 Å². The summed E-state index contributed by atoms with van der Waals surface area (Å²) in [6, 6.07) is 0.549. The van der Waals surface area contributed by atoms with Crippen molar-refractivity contribution in [3.8, 4) is 0 Å². The predicted molar refractivity (Wildman–Crippen MR) is 61.9 cm³/mol. The predicted octanol–water partition coefficient (Wildman–Crippen LogP) is 0.797. The molecule has 0 aliphatic heterocycles. The molecule has 1 amide bonds. The van der Waals surface area contributed by atoms with Crippen molar-refractivity contribution in [2.24, 2.45) is 11.7 Å². The number of ether oxygens (including phenoxy) is 1. The van der Waals surface area contributed by atoms with Gasteiger partial charge in [-0.1, -0.05) is 6.42 Å². The number of rotatable bonds is 3. The van der Waals surface area contributed by atoms with Gasteiger partial charge >= 0.3 is 0 Å². The molecule has 0 spiro atoms. The van der Waals surface area contributed by atoms with Gasteiger partial charge in [-0.2, -0.15) is 0 Å². The fraction of sp³-hybridized carbons (Fsp3) is 0.917. The van der Waals surface area contributed by atoms with Crippen molar-refractivity contribution in [2.45, 2.75) is 56.7 Å². The molecule has 2 unspecified atom stereocenters. The number of carbonyl (C=O) groups is 1. The van der Waals surface area contributed by atoms with Crippen molar-refractivity contribution in [3.63, 3.8) is 0 Å². The molecule has 16 heavy (non-hydrogen) atoms. The minimum atomic E-state index is 0.144. The van der Waals surface area contributed by atoms with E-state index >= 15 is 0 Å². The summed E-state index contributed by atoms with van der Waals surface area (Å²) >= 11 is 0. The van der Waals surface area contributed by atoms with E-state index in [2.05, 4.69) is 5.32 Å². The Morgan fingerprint density at radius 2 is 2.06 bits per heavy atom. The second kappa shape index (κ2) is 5.15. The molecule has 0 aromatic rings. The van der Waals surface area contributed by atoms with Gasteiger partial charge in [0, 0.05) is 25.1 Å². The lowest BCUT2D eigenvalue weighted by atomic mass is 9.84. The lowest BCUT2D eigenvalue weighted by Gasteiger charge is -2.36. The van der Waals surface area contributed by atoms with Crippen molar-refractivity contribution in [1.29, 1.82) is 0 Å². The van der Waals surface area contributed by atoms with Gasteiger partial charge < -0.3 is 15.8 Å². The van der Waals surface area contributed by atoms with Crippen LogP contribution in [0.25, 0.3) is 0 Å². The first-order chi connectivity index (χ1) is 7.69. The van der Waals surface area contributed by atoms with Crippen LogP contribution in [-0.2, 0) is 9.53 Å². The molecule has 2 atom stereocenters. The second-order valence-electron chi connectivity index (χ2n) is 5.16. The zero-order valence-corrected chi connectivity index (χ0v) is 9.95. The van der Waals surface area contributed by atoms with Gasteiger partial charge in [0.15, 0.2) is 0 Å². The number of nitrogens with two attached hydrogens (primary N) is 1. The maximum atomic E-state index is 11.9. The number of hydrogen-bond acceptors (Lipinski definition) is 3. The monoisotopic (exact) mass is 226 g/mol. The molecular formula is C12H22N2O2. The summed E-state index contributed by atoms with van der Waals surface area (Å²) < 4.78 is 5.19. The molecule has 0 saturated heterocycles. The van der Waals surface area contributed by atoms with E-state index in [9.17, 15) is 4.79 Å². The Balaban J connectivity index is 1.71. The molecule has 2 aliphatic carbocycles. The van der Waals surface area contributed by atoms with Crippen LogP contribution in [0.2, 0.25) is 0 Å². The van der Waals surface area contributed by atoms with E-state index in [0.717, 1.165) is 38.5 Å². The van der Waals surface area contributed by atoms with E-state index in [1.54, 1.807) is 7.11 Å². The number of nitrogens with one attached hydrogen (secondary N) is 1. The zero-order valence-electron chi connectivity index (χ0n) is 9.95.